The molecule has 92 valence electrons. The lowest BCUT2D eigenvalue weighted by molar-refractivity contribution is 0.0587. The van der Waals surface area contributed by atoms with Crippen LogP contribution in [0.3, 0.4) is 0 Å². The molecule has 5 heteroatoms. The van der Waals surface area contributed by atoms with Crippen molar-refractivity contribution in [2.75, 3.05) is 0 Å². The number of aromatic nitrogens is 3. The Hall–Kier alpha value is -0.940. The molecule has 0 aromatic carbocycles. The largest absolute Gasteiger partial charge is 0.388 e. The van der Waals surface area contributed by atoms with Crippen molar-refractivity contribution in [3.05, 3.63) is 11.6 Å². The topological polar surface area (TPSA) is 60.2 Å². The standard InChI is InChI=1S/C11H21N3O2/c1-8(2)5-14-10(6-15)12-13-11(14)7-16-9(3)4/h8-9,15H,5-7H2,1-4H3. The number of aliphatic hydroxyl groups is 1. The van der Waals surface area contributed by atoms with Crippen molar-refractivity contribution >= 4 is 0 Å². The van der Waals surface area contributed by atoms with Crippen molar-refractivity contribution in [3.8, 4) is 0 Å². The summed E-state index contributed by atoms with van der Waals surface area (Å²) in [7, 11) is 0. The molecule has 0 radical (unpaired) electrons. The second-order valence-electron chi connectivity index (χ2n) is 4.55. The average Bonchev–Trinajstić information content (AvgIpc) is 2.56. The third-order valence-electron chi connectivity index (χ3n) is 2.14. The number of nitrogens with zero attached hydrogens (tertiary/aromatic N) is 3. The zero-order chi connectivity index (χ0) is 12.1. The van der Waals surface area contributed by atoms with Gasteiger partial charge in [0.1, 0.15) is 13.2 Å². The summed E-state index contributed by atoms with van der Waals surface area (Å²) in [5, 5.41) is 17.1. The zero-order valence-electron chi connectivity index (χ0n) is 10.5. The number of hydrogen-bond donors (Lipinski definition) is 1. The summed E-state index contributed by atoms with van der Waals surface area (Å²) in [6.45, 7) is 9.37. The Morgan fingerprint density at radius 3 is 2.31 bits per heavy atom. The van der Waals surface area contributed by atoms with Crippen molar-refractivity contribution < 1.29 is 9.84 Å². The van der Waals surface area contributed by atoms with Crippen LogP contribution in [0.1, 0.15) is 39.3 Å². The molecule has 5 nitrogen and oxygen atoms in total. The van der Waals surface area contributed by atoms with Crippen LogP contribution in [0.15, 0.2) is 0 Å². The summed E-state index contributed by atoms with van der Waals surface area (Å²) in [5.74, 6) is 1.88. The Bertz CT molecular complexity index is 321. The highest BCUT2D eigenvalue weighted by Gasteiger charge is 2.12. The molecule has 0 fully saturated rings. The van der Waals surface area contributed by atoms with Gasteiger partial charge < -0.3 is 14.4 Å². The maximum absolute atomic E-state index is 9.16. The van der Waals surface area contributed by atoms with E-state index in [0.29, 0.717) is 18.3 Å². The van der Waals surface area contributed by atoms with Crippen LogP contribution >= 0.6 is 0 Å². The van der Waals surface area contributed by atoms with E-state index in [4.69, 9.17) is 9.84 Å². The summed E-state index contributed by atoms with van der Waals surface area (Å²) in [6.07, 6.45) is 0.168. The summed E-state index contributed by atoms with van der Waals surface area (Å²) < 4.78 is 7.44. The molecule has 0 aliphatic carbocycles. The van der Waals surface area contributed by atoms with E-state index >= 15 is 0 Å². The lowest BCUT2D eigenvalue weighted by Crippen LogP contribution is -2.14. The van der Waals surface area contributed by atoms with Gasteiger partial charge in [0, 0.05) is 6.54 Å². The van der Waals surface area contributed by atoms with Gasteiger partial charge >= 0.3 is 0 Å². The fourth-order valence-corrected chi connectivity index (χ4v) is 1.41. The molecule has 0 aliphatic rings. The van der Waals surface area contributed by atoms with Crippen LogP contribution in [-0.4, -0.2) is 26.0 Å². The molecule has 1 heterocycles. The van der Waals surface area contributed by atoms with E-state index in [1.54, 1.807) is 0 Å². The maximum Gasteiger partial charge on any atom is 0.159 e. The quantitative estimate of drug-likeness (QED) is 0.797. The highest BCUT2D eigenvalue weighted by molar-refractivity contribution is 4.94. The maximum atomic E-state index is 9.16. The predicted octanol–water partition coefficient (Wildman–Crippen LogP) is 1.35. The molecule has 0 amide bonds. The minimum atomic E-state index is -0.0819. The van der Waals surface area contributed by atoms with Crippen LogP contribution < -0.4 is 0 Å². The van der Waals surface area contributed by atoms with E-state index in [-0.39, 0.29) is 12.7 Å². The molecule has 0 atom stereocenters. The lowest BCUT2D eigenvalue weighted by atomic mass is 10.2. The molecule has 0 saturated heterocycles. The van der Waals surface area contributed by atoms with Crippen molar-refractivity contribution in [1.29, 1.82) is 0 Å². The van der Waals surface area contributed by atoms with Gasteiger partial charge in [0.25, 0.3) is 0 Å². The molecule has 1 aromatic rings. The fraction of sp³-hybridized carbons (Fsp3) is 0.818. The lowest BCUT2D eigenvalue weighted by Gasteiger charge is -2.12. The highest BCUT2D eigenvalue weighted by atomic mass is 16.5. The fourth-order valence-electron chi connectivity index (χ4n) is 1.41. The zero-order valence-corrected chi connectivity index (χ0v) is 10.5. The van der Waals surface area contributed by atoms with E-state index in [2.05, 4.69) is 24.0 Å². The number of rotatable bonds is 6. The summed E-state index contributed by atoms with van der Waals surface area (Å²) in [5.41, 5.74) is 0. The van der Waals surface area contributed by atoms with Crippen LogP contribution in [0.2, 0.25) is 0 Å². The first-order chi connectivity index (χ1) is 7.54. The monoisotopic (exact) mass is 227 g/mol. The Morgan fingerprint density at radius 1 is 1.19 bits per heavy atom. The molecule has 0 saturated carbocycles. The predicted molar refractivity (Wildman–Crippen MR) is 60.7 cm³/mol. The molecule has 1 N–H and O–H groups in total. The Labute approximate surface area is 96.5 Å². The molecule has 0 unspecified atom stereocenters. The molecular weight excluding hydrogens is 206 g/mol. The van der Waals surface area contributed by atoms with Crippen LogP contribution in [0, 0.1) is 5.92 Å². The van der Waals surface area contributed by atoms with Crippen LogP contribution in [0.5, 0.6) is 0 Å². The van der Waals surface area contributed by atoms with Crippen molar-refractivity contribution in [2.45, 2.75) is 53.6 Å². The second-order valence-corrected chi connectivity index (χ2v) is 4.55. The van der Waals surface area contributed by atoms with Gasteiger partial charge in [0.05, 0.1) is 6.10 Å². The molecule has 16 heavy (non-hydrogen) atoms. The first kappa shape index (κ1) is 13.1. The van der Waals surface area contributed by atoms with Gasteiger partial charge in [-0.1, -0.05) is 13.8 Å². The minimum absolute atomic E-state index is 0.0819. The summed E-state index contributed by atoms with van der Waals surface area (Å²) in [4.78, 5) is 0. The third kappa shape index (κ3) is 3.57. The van der Waals surface area contributed by atoms with E-state index in [9.17, 15) is 0 Å². The van der Waals surface area contributed by atoms with Gasteiger partial charge in [0.2, 0.25) is 0 Å². The number of ether oxygens (including phenoxy) is 1. The SMILES string of the molecule is CC(C)Cn1c(CO)nnc1COC(C)C. The summed E-state index contributed by atoms with van der Waals surface area (Å²) >= 11 is 0. The van der Waals surface area contributed by atoms with Gasteiger partial charge in [0.15, 0.2) is 11.6 Å². The Morgan fingerprint density at radius 2 is 1.81 bits per heavy atom. The van der Waals surface area contributed by atoms with Crippen molar-refractivity contribution in [1.82, 2.24) is 14.8 Å². The smallest absolute Gasteiger partial charge is 0.159 e. The molecule has 1 rings (SSSR count). The number of hydrogen-bond acceptors (Lipinski definition) is 4. The Kier molecular flexibility index (Phi) is 4.89. The van der Waals surface area contributed by atoms with E-state index in [1.165, 1.54) is 0 Å². The Balaban J connectivity index is 2.78. The van der Waals surface area contributed by atoms with Crippen molar-refractivity contribution in [3.63, 3.8) is 0 Å². The van der Waals surface area contributed by atoms with Crippen LogP contribution in [-0.2, 0) is 24.5 Å². The molecular formula is C11H21N3O2. The number of aliphatic hydroxyl groups excluding tert-OH is 1. The van der Waals surface area contributed by atoms with Gasteiger partial charge in [-0.2, -0.15) is 0 Å². The third-order valence-corrected chi connectivity index (χ3v) is 2.14. The molecule has 0 aliphatic heterocycles. The molecule has 1 aromatic heterocycles. The molecule has 0 spiro atoms. The minimum Gasteiger partial charge on any atom is -0.388 e. The van der Waals surface area contributed by atoms with Crippen LogP contribution in [0.25, 0.3) is 0 Å². The summed E-state index contributed by atoms with van der Waals surface area (Å²) in [6, 6.07) is 0. The second kappa shape index (κ2) is 5.96. The van der Waals surface area contributed by atoms with Gasteiger partial charge in [-0.15, -0.1) is 10.2 Å². The highest BCUT2D eigenvalue weighted by Crippen LogP contribution is 2.09. The van der Waals surface area contributed by atoms with Crippen molar-refractivity contribution in [2.24, 2.45) is 5.92 Å². The first-order valence-electron chi connectivity index (χ1n) is 5.68. The first-order valence-corrected chi connectivity index (χ1v) is 5.68. The van der Waals surface area contributed by atoms with E-state index < -0.39 is 0 Å². The van der Waals surface area contributed by atoms with Crippen LogP contribution in [0.4, 0.5) is 0 Å². The van der Waals surface area contributed by atoms with Gasteiger partial charge in [-0.3, -0.25) is 0 Å². The van der Waals surface area contributed by atoms with Gasteiger partial charge in [-0.25, -0.2) is 0 Å². The average molecular weight is 227 g/mol. The van der Waals surface area contributed by atoms with E-state index in [0.717, 1.165) is 12.4 Å². The molecule has 0 bridgehead atoms. The normalized spacial score (nSPS) is 11.7. The van der Waals surface area contributed by atoms with E-state index in [1.807, 2.05) is 18.4 Å². The van der Waals surface area contributed by atoms with Gasteiger partial charge in [-0.05, 0) is 19.8 Å².